The van der Waals surface area contributed by atoms with Crippen LogP contribution in [0.1, 0.15) is 123 Å². The van der Waals surface area contributed by atoms with Crippen LogP contribution in [-0.2, 0) is 0 Å². The maximum atomic E-state index is 14.1. The van der Waals surface area contributed by atoms with Gasteiger partial charge in [-0.3, -0.25) is 0 Å². The summed E-state index contributed by atoms with van der Waals surface area (Å²) in [7, 11) is 0. The molecule has 0 atom stereocenters. The third kappa shape index (κ3) is 20.3. The Morgan fingerprint density at radius 3 is 1.06 bits per heavy atom. The molecule has 0 spiro atoms. The van der Waals surface area contributed by atoms with Crippen molar-refractivity contribution in [3.8, 4) is 90.8 Å². The lowest BCUT2D eigenvalue weighted by molar-refractivity contribution is 0.119. The molecule has 29 heteroatoms. The highest BCUT2D eigenvalue weighted by Gasteiger charge is 2.27. The fourth-order valence-corrected chi connectivity index (χ4v) is 14.5. The molecule has 4 aliphatic rings. The first kappa shape index (κ1) is 78.5. The first-order valence-electron chi connectivity index (χ1n) is 37.6. The predicted octanol–water partition coefficient (Wildman–Crippen LogP) is 18.8. The van der Waals surface area contributed by atoms with Crippen molar-refractivity contribution in [2.45, 2.75) is 129 Å². The zero-order valence-corrected chi connectivity index (χ0v) is 63.1. The van der Waals surface area contributed by atoms with Crippen molar-refractivity contribution < 1.29 is 45.3 Å². The van der Waals surface area contributed by atoms with E-state index in [0.717, 1.165) is 49.0 Å². The van der Waals surface area contributed by atoms with Crippen molar-refractivity contribution in [2.24, 2.45) is 23.7 Å². The Morgan fingerprint density at radius 1 is 0.360 bits per heavy atom. The molecule has 8 aromatic heterocycles. The van der Waals surface area contributed by atoms with Crippen LogP contribution < -0.4 is 18.9 Å². The van der Waals surface area contributed by atoms with Crippen LogP contribution in [-0.4, -0.2) is 129 Å². The number of hydrogen-bond donors (Lipinski definition) is 0. The van der Waals surface area contributed by atoms with Crippen LogP contribution in [0.3, 0.4) is 0 Å². The van der Waals surface area contributed by atoms with Gasteiger partial charge in [-0.05, 0) is 151 Å². The standard InChI is InChI=1S/C22H26FN5O.C20H19ClF2N4O.C20H20ClFN4O.C20H20F2N4O/c1-16(2)27-9-7-17(8-10-27)14-29-21-12-24-15-25-22(21)18-11-26-28(13-18)20-6-4-3-5-19(20)23;21-20-19(28-11-13-5-2-1-3-6-13)17(24-12-25-20)14-9-26-27(10-14)18-15(22)7-4-8-16(18)23;21-20-19(27-12-14-6-2-1-3-7-14)18(23-13-24-20)15-10-25-26(11-15)17-9-5-4-8-16(17)22;21-16-7-4-8-17(22)20(16)26-11-15(9-25-26)19-18(10-23-13-24-19)27-12-14-5-2-1-3-6-14/h3-6,11-13,15-17H,7-10,14H2,1-2H3;4,7-10,12-13H,1-3,5-6,11H2;4-5,8-11,13-14H,1-3,6-7,12H2;4,7-11,13-14H,1-3,5-6,12H2. The largest absolute Gasteiger partial charge is 0.489 e. The maximum Gasteiger partial charge on any atom is 0.183 e. The van der Waals surface area contributed by atoms with Gasteiger partial charge in [0.15, 0.2) is 56.6 Å². The van der Waals surface area contributed by atoms with Gasteiger partial charge >= 0.3 is 0 Å². The van der Waals surface area contributed by atoms with E-state index >= 15 is 0 Å². The van der Waals surface area contributed by atoms with Crippen LogP contribution in [0, 0.1) is 58.6 Å². The molecule has 4 aromatic carbocycles. The van der Waals surface area contributed by atoms with E-state index in [0.29, 0.717) is 130 Å². The van der Waals surface area contributed by atoms with Crippen LogP contribution in [0.4, 0.5) is 26.3 Å². The van der Waals surface area contributed by atoms with Crippen molar-refractivity contribution >= 4 is 23.2 Å². The Balaban J connectivity index is 0.000000130. The number of piperidine rings is 1. The topological polar surface area (TPSA) is 215 Å². The predicted molar refractivity (Wildman–Crippen MR) is 409 cm³/mol. The highest BCUT2D eigenvalue weighted by atomic mass is 35.5. The lowest BCUT2D eigenvalue weighted by atomic mass is 9.90. The lowest BCUT2D eigenvalue weighted by Crippen LogP contribution is -2.39. The molecule has 1 aliphatic heterocycles. The molecule has 578 valence electrons. The van der Waals surface area contributed by atoms with Gasteiger partial charge in [0.2, 0.25) is 0 Å². The second kappa shape index (κ2) is 38.3. The van der Waals surface area contributed by atoms with Gasteiger partial charge in [0, 0.05) is 53.1 Å². The maximum absolute atomic E-state index is 14.1. The lowest BCUT2D eigenvalue weighted by Gasteiger charge is -2.34. The second-order valence-corrected chi connectivity index (χ2v) is 28.9. The number of halogens is 8. The molecule has 1 saturated heterocycles. The van der Waals surface area contributed by atoms with Crippen molar-refractivity contribution in [2.75, 3.05) is 39.5 Å². The highest BCUT2D eigenvalue weighted by molar-refractivity contribution is 6.31. The Bertz CT molecular complexity index is 4960. The van der Waals surface area contributed by atoms with Crippen LogP contribution >= 0.6 is 23.2 Å². The van der Waals surface area contributed by atoms with E-state index in [1.165, 1.54) is 196 Å². The van der Waals surface area contributed by atoms with E-state index in [1.54, 1.807) is 73.6 Å². The van der Waals surface area contributed by atoms with Crippen molar-refractivity contribution in [3.05, 3.63) is 217 Å². The molecule has 111 heavy (non-hydrogen) atoms. The highest BCUT2D eigenvalue weighted by Crippen LogP contribution is 2.39. The molecule has 0 unspecified atom stereocenters. The number of rotatable bonds is 21. The first-order chi connectivity index (χ1) is 54.2. The number of ether oxygens (including phenoxy) is 4. The van der Waals surface area contributed by atoms with E-state index in [1.807, 2.05) is 0 Å². The first-order valence-corrected chi connectivity index (χ1v) is 38.4. The second-order valence-electron chi connectivity index (χ2n) is 28.2. The van der Waals surface area contributed by atoms with Gasteiger partial charge in [-0.15, -0.1) is 0 Å². The van der Waals surface area contributed by atoms with Gasteiger partial charge in [0.25, 0.3) is 0 Å². The molecule has 0 radical (unpaired) electrons. The zero-order chi connectivity index (χ0) is 77.0. The molecule has 4 fully saturated rings. The summed E-state index contributed by atoms with van der Waals surface area (Å²) in [5.74, 6) is 0.647. The van der Waals surface area contributed by atoms with Crippen LogP contribution in [0.15, 0.2) is 172 Å². The minimum Gasteiger partial charge on any atom is -0.489 e. The van der Waals surface area contributed by atoms with Gasteiger partial charge in [-0.2, -0.15) is 20.4 Å². The number of nitrogens with zero attached hydrogens (tertiary/aromatic N) is 17. The van der Waals surface area contributed by atoms with Crippen LogP contribution in [0.2, 0.25) is 10.3 Å². The molecule has 12 aromatic rings. The average Bonchev–Trinajstić information content (AvgIpc) is 1.68. The summed E-state index contributed by atoms with van der Waals surface area (Å²) >= 11 is 12.5. The van der Waals surface area contributed by atoms with E-state index in [-0.39, 0.29) is 33.3 Å². The molecule has 16 rings (SSSR count). The average molecular weight is 1560 g/mol. The molecule has 3 saturated carbocycles. The van der Waals surface area contributed by atoms with Crippen molar-refractivity contribution in [1.82, 2.24) is 83.9 Å². The third-order valence-corrected chi connectivity index (χ3v) is 20.8. The van der Waals surface area contributed by atoms with E-state index in [9.17, 15) is 26.3 Å². The summed E-state index contributed by atoms with van der Waals surface area (Å²) in [6.45, 7) is 9.11. The van der Waals surface area contributed by atoms with Gasteiger partial charge in [0.1, 0.15) is 82.5 Å². The van der Waals surface area contributed by atoms with Gasteiger partial charge in [-0.25, -0.2) is 84.9 Å². The van der Waals surface area contributed by atoms with Gasteiger partial charge in [0.05, 0.1) is 63.6 Å². The smallest absolute Gasteiger partial charge is 0.183 e. The Kier molecular flexibility index (Phi) is 27.1. The molecule has 0 N–H and O–H groups in total. The Morgan fingerprint density at radius 2 is 0.685 bits per heavy atom. The number of aromatic nitrogens is 16. The summed E-state index contributed by atoms with van der Waals surface area (Å²) in [6.07, 6.45) is 42.2. The Hall–Kier alpha value is -10.6. The summed E-state index contributed by atoms with van der Waals surface area (Å²) in [4.78, 5) is 36.0. The van der Waals surface area contributed by atoms with E-state index < -0.39 is 23.3 Å². The van der Waals surface area contributed by atoms with Crippen LogP contribution in [0.25, 0.3) is 67.8 Å². The SMILES string of the molecule is CC(C)N1CCC(COc2cncnc2-c2cnn(-c3ccccc3F)c2)CC1.Fc1cccc(F)c1-n1cc(-c2ncnc(Cl)c2OCC2CCCCC2)cn1.Fc1cccc(F)c1-n1cc(-c2ncncc2OCC2CCCCC2)cn1.Fc1ccccc1-n1cc(-c2ncnc(Cl)c2OCC2CCCCC2)cn1. The quantitative estimate of drug-likeness (QED) is 0.0483. The van der Waals surface area contributed by atoms with Crippen molar-refractivity contribution in [3.63, 3.8) is 0 Å². The summed E-state index contributed by atoms with van der Waals surface area (Å²) < 4.78 is 114. The molecule has 9 heterocycles. The minimum absolute atomic E-state index is 0.200. The molecular weight excluding hydrogens is 1470 g/mol. The van der Waals surface area contributed by atoms with Crippen molar-refractivity contribution in [1.29, 1.82) is 0 Å². The number of likely N-dealkylation sites (tertiary alicyclic amines) is 1. The number of hydrogen-bond acceptors (Lipinski definition) is 17. The fourth-order valence-electron chi connectivity index (χ4n) is 14.1. The Labute approximate surface area is 649 Å². The normalized spacial score (nSPS) is 15.2. The summed E-state index contributed by atoms with van der Waals surface area (Å²) in [6, 6.07) is 21.0. The van der Waals surface area contributed by atoms with E-state index in [2.05, 4.69) is 79.0 Å². The van der Waals surface area contributed by atoms with Gasteiger partial charge in [-0.1, -0.05) is 117 Å². The third-order valence-electron chi connectivity index (χ3n) is 20.3. The number of para-hydroxylation sites is 4. The minimum atomic E-state index is -0.704. The summed E-state index contributed by atoms with van der Waals surface area (Å²) in [5.41, 5.74) is 5.13. The van der Waals surface area contributed by atoms with Crippen LogP contribution in [0.5, 0.6) is 23.0 Å². The number of benzene rings is 4. The molecule has 3 aliphatic carbocycles. The zero-order valence-electron chi connectivity index (χ0n) is 61.6. The molecular formula is C82H85Cl2F6N17O4. The molecule has 0 bridgehead atoms. The summed E-state index contributed by atoms with van der Waals surface area (Å²) in [5, 5.41) is 17.2. The fraction of sp³-hybridized carbons (Fsp3) is 0.366. The van der Waals surface area contributed by atoms with E-state index in [4.69, 9.17) is 42.1 Å². The van der Waals surface area contributed by atoms with Gasteiger partial charge < -0.3 is 23.8 Å². The molecule has 0 amide bonds. The molecule has 21 nitrogen and oxygen atoms in total. The monoisotopic (exact) mass is 1560 g/mol.